The third-order valence-corrected chi connectivity index (χ3v) is 6.38. The highest BCUT2D eigenvalue weighted by Crippen LogP contribution is 2.43. The molecule has 1 amide bonds. The van der Waals surface area contributed by atoms with E-state index in [-0.39, 0.29) is 5.91 Å². The molecule has 0 radical (unpaired) electrons. The zero-order valence-electron chi connectivity index (χ0n) is 12.5. The van der Waals surface area contributed by atoms with Gasteiger partial charge in [-0.2, -0.15) is 0 Å². The first-order valence-corrected chi connectivity index (χ1v) is 9.51. The molecule has 2 heterocycles. The van der Waals surface area contributed by atoms with Crippen molar-refractivity contribution in [3.8, 4) is 0 Å². The maximum atomic E-state index is 12.2. The topological polar surface area (TPSA) is 57.8 Å². The molecule has 0 unspecified atom stereocenters. The van der Waals surface area contributed by atoms with Crippen molar-refractivity contribution < 1.29 is 4.79 Å². The number of hydrogen-bond donors (Lipinski definition) is 2. The van der Waals surface area contributed by atoms with Crippen LogP contribution in [0.2, 0.25) is 0 Å². The Morgan fingerprint density at radius 3 is 2.96 bits per heavy atom. The minimum absolute atomic E-state index is 0.0235. The van der Waals surface area contributed by atoms with Crippen molar-refractivity contribution in [2.75, 3.05) is 5.32 Å². The number of nitrogens with one attached hydrogen (secondary N) is 2. The summed E-state index contributed by atoms with van der Waals surface area (Å²) in [6.45, 7) is 1.94. The number of thiazole rings is 2. The van der Waals surface area contributed by atoms with Crippen molar-refractivity contribution >= 4 is 56.7 Å². The molecule has 1 fully saturated rings. The van der Waals surface area contributed by atoms with Crippen molar-refractivity contribution in [2.45, 2.75) is 32.1 Å². The Morgan fingerprint density at radius 2 is 2.26 bits per heavy atom. The van der Waals surface area contributed by atoms with Crippen LogP contribution in [-0.2, 0) is 11.2 Å². The first-order valence-electron chi connectivity index (χ1n) is 7.47. The molecule has 0 saturated heterocycles. The van der Waals surface area contributed by atoms with E-state index < -0.39 is 0 Å². The number of hydrogen-bond acceptors (Lipinski definition) is 5. The van der Waals surface area contributed by atoms with Crippen molar-refractivity contribution in [2.24, 2.45) is 0 Å². The average molecular weight is 362 g/mol. The summed E-state index contributed by atoms with van der Waals surface area (Å²) in [6, 6.07) is 5.92. The fourth-order valence-electron chi connectivity index (χ4n) is 2.48. The standard InChI is InChI=1S/C16H15N3OS3/c1-8-12(23-16(21)17-8)7-14(20)18-10-4-5-11-13(6-10)22-15(19-11)9-2-3-9/h4-6,9H,2-3,7H2,1H3,(H,17,21)(H,18,20). The third-order valence-electron chi connectivity index (χ3n) is 3.86. The van der Waals surface area contributed by atoms with Crippen molar-refractivity contribution in [3.63, 3.8) is 0 Å². The number of aromatic nitrogens is 2. The molecule has 3 aromatic rings. The molecular weight excluding hydrogens is 346 g/mol. The molecule has 4 rings (SSSR count). The van der Waals surface area contributed by atoms with Gasteiger partial charge >= 0.3 is 0 Å². The van der Waals surface area contributed by atoms with Gasteiger partial charge in [-0.3, -0.25) is 4.79 Å². The lowest BCUT2D eigenvalue weighted by molar-refractivity contribution is -0.115. The van der Waals surface area contributed by atoms with Crippen LogP contribution >= 0.6 is 34.9 Å². The third kappa shape index (κ3) is 3.22. The normalized spacial score (nSPS) is 14.3. The number of aromatic amines is 1. The lowest BCUT2D eigenvalue weighted by Gasteiger charge is -2.04. The number of anilines is 1. The van der Waals surface area contributed by atoms with E-state index in [0.29, 0.717) is 16.3 Å². The summed E-state index contributed by atoms with van der Waals surface area (Å²) in [5, 5.41) is 4.20. The molecular formula is C16H15N3OS3. The second-order valence-electron chi connectivity index (χ2n) is 5.80. The number of benzene rings is 1. The van der Waals surface area contributed by atoms with Gasteiger partial charge in [0.25, 0.3) is 0 Å². The average Bonchev–Trinajstić information content (AvgIpc) is 3.18. The Bertz CT molecular complexity index is 949. The summed E-state index contributed by atoms with van der Waals surface area (Å²) in [5.41, 5.74) is 2.82. The van der Waals surface area contributed by atoms with E-state index in [1.807, 2.05) is 25.1 Å². The van der Waals surface area contributed by atoms with E-state index in [1.165, 1.54) is 29.2 Å². The highest BCUT2D eigenvalue weighted by molar-refractivity contribution is 7.73. The Morgan fingerprint density at radius 1 is 1.43 bits per heavy atom. The van der Waals surface area contributed by atoms with Crippen LogP contribution in [0.15, 0.2) is 18.2 Å². The van der Waals surface area contributed by atoms with E-state index in [2.05, 4.69) is 15.3 Å². The number of carbonyl (C=O) groups excluding carboxylic acids is 1. The van der Waals surface area contributed by atoms with Gasteiger partial charge in [0.15, 0.2) is 3.95 Å². The number of amides is 1. The van der Waals surface area contributed by atoms with Crippen LogP contribution < -0.4 is 5.32 Å². The van der Waals surface area contributed by atoms with Crippen LogP contribution in [0.5, 0.6) is 0 Å². The van der Waals surface area contributed by atoms with E-state index in [9.17, 15) is 4.79 Å². The summed E-state index contributed by atoms with van der Waals surface area (Å²) in [7, 11) is 0. The van der Waals surface area contributed by atoms with Crippen molar-refractivity contribution in [1.29, 1.82) is 0 Å². The molecule has 118 valence electrons. The molecule has 0 spiro atoms. The Balaban J connectivity index is 1.51. The predicted octanol–water partition coefficient (Wildman–Crippen LogP) is 4.78. The van der Waals surface area contributed by atoms with Crippen LogP contribution in [-0.4, -0.2) is 15.9 Å². The van der Waals surface area contributed by atoms with Gasteiger partial charge in [0.2, 0.25) is 5.91 Å². The molecule has 0 bridgehead atoms. The molecule has 2 aromatic heterocycles. The van der Waals surface area contributed by atoms with Gasteiger partial charge in [0.05, 0.1) is 21.6 Å². The van der Waals surface area contributed by atoms with Gasteiger partial charge in [0, 0.05) is 22.2 Å². The smallest absolute Gasteiger partial charge is 0.229 e. The van der Waals surface area contributed by atoms with E-state index in [0.717, 1.165) is 26.5 Å². The molecule has 2 N–H and O–H groups in total. The first-order chi connectivity index (χ1) is 11.1. The summed E-state index contributed by atoms with van der Waals surface area (Å²) in [6.07, 6.45) is 2.86. The summed E-state index contributed by atoms with van der Waals surface area (Å²) in [5.74, 6) is 0.640. The predicted molar refractivity (Wildman–Crippen MR) is 98.2 cm³/mol. The van der Waals surface area contributed by atoms with E-state index in [1.54, 1.807) is 11.3 Å². The van der Waals surface area contributed by atoms with Crippen LogP contribution in [0.25, 0.3) is 10.2 Å². The first kappa shape index (κ1) is 15.0. The molecule has 0 atom stereocenters. The monoisotopic (exact) mass is 361 g/mol. The zero-order valence-corrected chi connectivity index (χ0v) is 15.0. The highest BCUT2D eigenvalue weighted by atomic mass is 32.1. The number of aryl methyl sites for hydroxylation is 1. The van der Waals surface area contributed by atoms with E-state index in [4.69, 9.17) is 12.2 Å². The molecule has 1 aliphatic carbocycles. The fourth-order valence-corrected chi connectivity index (χ4v) is 4.95. The Labute approximate surface area is 146 Å². The number of rotatable bonds is 4. The van der Waals surface area contributed by atoms with E-state index >= 15 is 0 Å². The van der Waals surface area contributed by atoms with Gasteiger partial charge in [-0.15, -0.1) is 22.7 Å². The SMILES string of the molecule is Cc1[nH]c(=S)sc1CC(=O)Nc1ccc2nc(C3CC3)sc2c1. The largest absolute Gasteiger partial charge is 0.341 e. The van der Waals surface area contributed by atoms with Gasteiger partial charge in [0.1, 0.15) is 0 Å². The maximum Gasteiger partial charge on any atom is 0.229 e. The van der Waals surface area contributed by atoms with Crippen molar-refractivity contribution in [3.05, 3.63) is 37.7 Å². The maximum absolute atomic E-state index is 12.2. The molecule has 7 heteroatoms. The molecule has 1 aromatic carbocycles. The number of carbonyl (C=O) groups is 1. The summed E-state index contributed by atoms with van der Waals surface area (Å²) in [4.78, 5) is 21.0. The van der Waals surface area contributed by atoms with Crippen LogP contribution in [0, 0.1) is 10.9 Å². The summed E-state index contributed by atoms with van der Waals surface area (Å²) >= 11 is 8.31. The molecule has 1 aliphatic rings. The molecule has 4 nitrogen and oxygen atoms in total. The highest BCUT2D eigenvalue weighted by Gasteiger charge is 2.27. The Hall–Kier alpha value is -1.57. The minimum Gasteiger partial charge on any atom is -0.341 e. The molecule has 1 saturated carbocycles. The van der Waals surface area contributed by atoms with Gasteiger partial charge in [-0.25, -0.2) is 4.98 Å². The van der Waals surface area contributed by atoms with Gasteiger partial charge in [-0.1, -0.05) is 0 Å². The van der Waals surface area contributed by atoms with Crippen LogP contribution in [0.3, 0.4) is 0 Å². The van der Waals surface area contributed by atoms with Crippen LogP contribution in [0.1, 0.15) is 34.3 Å². The molecule has 23 heavy (non-hydrogen) atoms. The second-order valence-corrected chi connectivity index (χ2v) is 8.63. The fraction of sp³-hybridized carbons (Fsp3) is 0.312. The zero-order chi connectivity index (χ0) is 16.0. The van der Waals surface area contributed by atoms with Gasteiger partial charge in [-0.05, 0) is 50.2 Å². The minimum atomic E-state index is -0.0235. The lowest BCUT2D eigenvalue weighted by Crippen LogP contribution is -2.14. The Kier molecular flexibility index (Phi) is 3.79. The lowest BCUT2D eigenvalue weighted by atomic mass is 10.2. The number of H-pyrrole nitrogens is 1. The van der Waals surface area contributed by atoms with Gasteiger partial charge < -0.3 is 10.3 Å². The summed E-state index contributed by atoms with van der Waals surface area (Å²) < 4.78 is 1.85. The second kappa shape index (κ2) is 5.81. The van der Waals surface area contributed by atoms with Crippen LogP contribution in [0.4, 0.5) is 5.69 Å². The quantitative estimate of drug-likeness (QED) is 0.657. The number of nitrogens with zero attached hydrogens (tertiary/aromatic N) is 1. The number of fused-ring (bicyclic) bond motifs is 1. The molecule has 0 aliphatic heterocycles. The van der Waals surface area contributed by atoms with Crippen molar-refractivity contribution in [1.82, 2.24) is 9.97 Å².